The number of rotatable bonds is 0. The van der Waals surface area contributed by atoms with Gasteiger partial charge >= 0.3 is 15.6 Å². The maximum Gasteiger partial charge on any atom is 0.522 e. The Kier molecular flexibility index (Phi) is 5.91. The van der Waals surface area contributed by atoms with Crippen LogP contribution in [0.2, 0.25) is 0 Å². The average Bonchev–Trinajstić information content (AvgIpc) is 2.14. The lowest BCUT2D eigenvalue weighted by molar-refractivity contribution is -0.0510. The summed E-state index contributed by atoms with van der Waals surface area (Å²) in [6.45, 7) is 6.59. The van der Waals surface area contributed by atoms with Crippen LogP contribution in [-0.4, -0.2) is 18.5 Å². The van der Waals surface area contributed by atoms with Crippen LogP contribution in [0.25, 0.3) is 0 Å². The second-order valence-electron chi connectivity index (χ2n) is 4.69. The average molecular weight is 316 g/mol. The molecule has 0 heterocycles. The first-order valence-corrected chi connectivity index (χ1v) is 6.98. The molecule has 0 radical (unpaired) electrons. The predicted molar refractivity (Wildman–Crippen MR) is 70.0 cm³/mol. The van der Waals surface area contributed by atoms with Crippen molar-refractivity contribution in [1.82, 2.24) is 0 Å². The molecule has 1 rings (SSSR count). The van der Waals surface area contributed by atoms with Gasteiger partial charge in [-0.1, -0.05) is 39.0 Å². The van der Waals surface area contributed by atoms with Crippen molar-refractivity contribution in [2.24, 2.45) is 0 Å². The third-order valence-corrected chi connectivity index (χ3v) is 2.98. The van der Waals surface area contributed by atoms with Crippen LogP contribution in [0.5, 0.6) is 0 Å². The molecule has 0 amide bonds. The van der Waals surface area contributed by atoms with Crippen molar-refractivity contribution in [1.29, 1.82) is 0 Å². The number of alkyl halides is 3. The molecule has 1 aromatic rings. The molecule has 0 spiro atoms. The molecule has 3 nitrogen and oxygen atoms in total. The highest BCUT2D eigenvalue weighted by molar-refractivity contribution is 7.86. The largest absolute Gasteiger partial charge is 0.522 e. The second kappa shape index (κ2) is 6.15. The van der Waals surface area contributed by atoms with Crippen LogP contribution in [0.4, 0.5) is 13.2 Å². The van der Waals surface area contributed by atoms with Crippen LogP contribution in [0.3, 0.4) is 0 Å². The van der Waals surface area contributed by atoms with Crippen LogP contribution in [0.1, 0.15) is 26.3 Å². The van der Waals surface area contributed by atoms with Gasteiger partial charge in [-0.05, 0) is 17.0 Å². The highest BCUT2D eigenvalue weighted by atomic mass is 32.2. The molecule has 0 saturated heterocycles. The van der Waals surface area contributed by atoms with Crippen molar-refractivity contribution in [3.63, 3.8) is 0 Å². The molecule has 19 heavy (non-hydrogen) atoms. The fourth-order valence-electron chi connectivity index (χ4n) is 1.11. The molecular weight excluding hydrogens is 301 g/mol. The van der Waals surface area contributed by atoms with Crippen molar-refractivity contribution in [3.8, 4) is 0 Å². The molecule has 8 heteroatoms. The van der Waals surface area contributed by atoms with E-state index in [2.05, 4.69) is 45.5 Å². The van der Waals surface area contributed by atoms with Gasteiger partial charge in [-0.15, -0.1) is 12.6 Å². The predicted octanol–water partition coefficient (Wildman–Crippen LogP) is 3.67. The molecule has 1 N–H and O–H groups in total. The molecule has 110 valence electrons. The molecule has 0 bridgehead atoms. The van der Waals surface area contributed by atoms with Gasteiger partial charge in [-0.3, -0.25) is 4.55 Å². The summed E-state index contributed by atoms with van der Waals surface area (Å²) in [6.07, 6.45) is 0. The highest BCUT2D eigenvalue weighted by Crippen LogP contribution is 2.27. The van der Waals surface area contributed by atoms with E-state index < -0.39 is 15.6 Å². The van der Waals surface area contributed by atoms with E-state index in [9.17, 15) is 13.2 Å². The van der Waals surface area contributed by atoms with Crippen molar-refractivity contribution < 1.29 is 26.1 Å². The maximum atomic E-state index is 10.7. The van der Waals surface area contributed by atoms with Crippen molar-refractivity contribution in [2.75, 3.05) is 0 Å². The van der Waals surface area contributed by atoms with Crippen LogP contribution in [0.15, 0.2) is 29.2 Å². The zero-order valence-electron chi connectivity index (χ0n) is 10.6. The number of halogens is 3. The van der Waals surface area contributed by atoms with Crippen LogP contribution < -0.4 is 0 Å². The van der Waals surface area contributed by atoms with Gasteiger partial charge in [0.05, 0.1) is 0 Å². The van der Waals surface area contributed by atoms with Gasteiger partial charge in [-0.25, -0.2) is 0 Å². The molecule has 0 saturated carbocycles. The maximum absolute atomic E-state index is 10.7. The molecule has 1 aromatic carbocycles. The summed E-state index contributed by atoms with van der Waals surface area (Å²) in [5.41, 5.74) is -4.02. The second-order valence-corrected chi connectivity index (χ2v) is 6.58. The Morgan fingerprint density at radius 2 is 1.47 bits per heavy atom. The minimum Gasteiger partial charge on any atom is -0.279 e. The van der Waals surface area contributed by atoms with Gasteiger partial charge in [0.25, 0.3) is 0 Å². The zero-order valence-corrected chi connectivity index (χ0v) is 12.3. The summed E-state index contributed by atoms with van der Waals surface area (Å²) >= 11 is 4.39. The van der Waals surface area contributed by atoms with Crippen molar-refractivity contribution in [3.05, 3.63) is 29.8 Å². The van der Waals surface area contributed by atoms with Gasteiger partial charge in [0.2, 0.25) is 0 Å². The van der Waals surface area contributed by atoms with Gasteiger partial charge in [0, 0.05) is 4.90 Å². The molecule has 0 unspecified atom stereocenters. The Labute approximate surface area is 116 Å². The van der Waals surface area contributed by atoms with Crippen molar-refractivity contribution in [2.45, 2.75) is 36.6 Å². The van der Waals surface area contributed by atoms with Crippen LogP contribution in [-0.2, 0) is 15.5 Å². The lowest BCUT2D eigenvalue weighted by Gasteiger charge is -2.20. The Morgan fingerprint density at radius 1 is 1.11 bits per heavy atom. The number of hydrogen-bond donors (Lipinski definition) is 2. The van der Waals surface area contributed by atoms with E-state index in [1.165, 1.54) is 5.56 Å². The minimum absolute atomic E-state index is 0.207. The fourth-order valence-corrected chi connectivity index (χ4v) is 1.60. The monoisotopic (exact) mass is 316 g/mol. The lowest BCUT2D eigenvalue weighted by Crippen LogP contribution is -2.21. The summed E-state index contributed by atoms with van der Waals surface area (Å²) in [7, 11) is -5.84. The summed E-state index contributed by atoms with van der Waals surface area (Å²) in [5.74, 6) is 0. The molecule has 0 aliphatic carbocycles. The number of benzene rings is 1. The fraction of sp³-hybridized carbons (Fsp3) is 0.455. The summed E-state index contributed by atoms with van der Waals surface area (Å²) < 4.78 is 57.5. The van der Waals surface area contributed by atoms with Crippen LogP contribution in [0, 0.1) is 0 Å². The quantitative estimate of drug-likeness (QED) is 0.436. The Hall–Kier alpha value is -0.730. The summed E-state index contributed by atoms with van der Waals surface area (Å²) in [4.78, 5) is 1.08. The van der Waals surface area contributed by atoms with E-state index in [1.807, 2.05) is 12.1 Å². The van der Waals surface area contributed by atoms with Gasteiger partial charge in [0.1, 0.15) is 0 Å². The minimum atomic E-state index is -5.84. The molecular formula is C11H15F3O3S2. The van der Waals surface area contributed by atoms with Gasteiger partial charge in [-0.2, -0.15) is 21.6 Å². The number of thiol groups is 1. The molecule has 0 aromatic heterocycles. The third-order valence-electron chi connectivity index (χ3n) is 2.00. The Morgan fingerprint density at radius 3 is 1.68 bits per heavy atom. The van der Waals surface area contributed by atoms with E-state index in [-0.39, 0.29) is 5.41 Å². The lowest BCUT2D eigenvalue weighted by atomic mass is 9.87. The van der Waals surface area contributed by atoms with Crippen LogP contribution >= 0.6 is 12.6 Å². The molecule has 0 fully saturated rings. The molecule has 0 aliphatic heterocycles. The zero-order chi connectivity index (χ0) is 15.5. The van der Waals surface area contributed by atoms with E-state index in [0.717, 1.165) is 4.90 Å². The first kappa shape index (κ1) is 18.3. The summed E-state index contributed by atoms with van der Waals surface area (Å²) in [6, 6.07) is 8.23. The van der Waals surface area contributed by atoms with Gasteiger partial charge < -0.3 is 0 Å². The first-order chi connectivity index (χ1) is 8.27. The summed E-state index contributed by atoms with van der Waals surface area (Å²) in [5, 5.41) is 0. The SMILES string of the molecule is CC(C)(C)c1ccccc1S.O=S(=O)(O)C(F)(F)F. The topological polar surface area (TPSA) is 54.4 Å². The van der Waals surface area contributed by atoms with E-state index in [0.29, 0.717) is 0 Å². The Balaban J connectivity index is 0.000000362. The third kappa shape index (κ3) is 6.31. The first-order valence-electron chi connectivity index (χ1n) is 5.09. The van der Waals surface area contributed by atoms with E-state index in [1.54, 1.807) is 0 Å². The highest BCUT2D eigenvalue weighted by Gasteiger charge is 2.44. The van der Waals surface area contributed by atoms with E-state index >= 15 is 0 Å². The number of hydrogen-bond acceptors (Lipinski definition) is 3. The smallest absolute Gasteiger partial charge is 0.279 e. The molecule has 0 atom stereocenters. The van der Waals surface area contributed by atoms with Gasteiger partial charge in [0.15, 0.2) is 0 Å². The van der Waals surface area contributed by atoms with Crippen molar-refractivity contribution >= 4 is 22.7 Å². The van der Waals surface area contributed by atoms with E-state index in [4.69, 9.17) is 13.0 Å². The molecule has 0 aliphatic rings. The Bertz CT molecular complexity index is 517. The normalized spacial score (nSPS) is 12.6. The standard InChI is InChI=1S/C10H14S.CHF3O3S/c1-10(2,3)8-6-4-5-7-9(8)11;2-1(3,4)8(5,6)7/h4-7,11H,1-3H3;(H,5,6,7).